The quantitative estimate of drug-likeness (QED) is 0.188. The summed E-state index contributed by atoms with van der Waals surface area (Å²) in [6.07, 6.45) is 8.77. The molecule has 0 fully saturated rings. The average Bonchev–Trinajstić information content (AvgIpc) is 2.87. The molecule has 0 radical (unpaired) electrons. The highest BCUT2D eigenvalue weighted by molar-refractivity contribution is 5.80. The maximum absolute atomic E-state index is 13.2. The highest BCUT2D eigenvalue weighted by atomic mass is 16.5. The first-order valence-electron chi connectivity index (χ1n) is 11.6. The lowest BCUT2D eigenvalue weighted by Crippen LogP contribution is -2.30. The maximum atomic E-state index is 13.2. The van der Waals surface area contributed by atoms with E-state index in [1.807, 2.05) is 13.8 Å². The molecule has 3 heterocycles. The van der Waals surface area contributed by atoms with Crippen LogP contribution in [-0.4, -0.2) is 39.7 Å². The molecule has 36 heavy (non-hydrogen) atoms. The van der Waals surface area contributed by atoms with Gasteiger partial charge in [0, 0.05) is 19.3 Å². The van der Waals surface area contributed by atoms with Gasteiger partial charge in [0.25, 0.3) is 11.5 Å². The predicted molar refractivity (Wildman–Crippen MR) is 137 cm³/mol. The van der Waals surface area contributed by atoms with Crippen molar-refractivity contribution in [3.8, 4) is 6.07 Å². The van der Waals surface area contributed by atoms with Gasteiger partial charge < -0.3 is 14.0 Å². The molecular formula is C27H29N5O4. The Bertz CT molecular complexity index is 1500. The molecule has 1 amide bonds. The molecule has 9 heteroatoms. The van der Waals surface area contributed by atoms with Crippen LogP contribution >= 0.6 is 0 Å². The van der Waals surface area contributed by atoms with E-state index in [0.717, 1.165) is 0 Å². The summed E-state index contributed by atoms with van der Waals surface area (Å²) in [6.45, 7) is 8.30. The predicted octanol–water partition coefficient (Wildman–Crippen LogP) is 3.43. The van der Waals surface area contributed by atoms with Crippen molar-refractivity contribution in [1.82, 2.24) is 14.0 Å². The number of carbonyl (C=O) groups excluding carboxylic acids is 1. The second-order valence-corrected chi connectivity index (χ2v) is 8.12. The zero-order valence-corrected chi connectivity index (χ0v) is 20.7. The molecule has 9 nitrogen and oxygen atoms in total. The van der Waals surface area contributed by atoms with Gasteiger partial charge in [-0.3, -0.25) is 14.0 Å². The number of rotatable bonds is 10. The van der Waals surface area contributed by atoms with Crippen LogP contribution in [0.3, 0.4) is 0 Å². The second-order valence-electron chi connectivity index (χ2n) is 8.12. The normalized spacial score (nSPS) is 12.5. The minimum Gasteiger partial charge on any atom is -0.497 e. The summed E-state index contributed by atoms with van der Waals surface area (Å²) in [7, 11) is 1.50. The van der Waals surface area contributed by atoms with Gasteiger partial charge in [0.05, 0.1) is 30.6 Å². The van der Waals surface area contributed by atoms with Gasteiger partial charge in [0.2, 0.25) is 0 Å². The number of nitriles is 1. The molecule has 0 atom stereocenters. The van der Waals surface area contributed by atoms with Gasteiger partial charge in [-0.25, -0.2) is 4.98 Å². The third-order valence-electron chi connectivity index (χ3n) is 5.23. The van der Waals surface area contributed by atoms with Crippen LogP contribution in [0.15, 0.2) is 76.9 Å². The van der Waals surface area contributed by atoms with Crippen LogP contribution < -0.4 is 11.0 Å². The van der Waals surface area contributed by atoms with E-state index in [1.165, 1.54) is 17.6 Å². The van der Waals surface area contributed by atoms with Crippen LogP contribution in [0.25, 0.3) is 16.7 Å². The summed E-state index contributed by atoms with van der Waals surface area (Å²) >= 11 is 0. The number of hydrogen-bond acceptors (Lipinski definition) is 6. The monoisotopic (exact) mass is 487 g/mol. The van der Waals surface area contributed by atoms with Crippen molar-refractivity contribution in [1.29, 1.82) is 5.26 Å². The Balaban J connectivity index is 2.19. The molecular weight excluding hydrogens is 458 g/mol. The summed E-state index contributed by atoms with van der Waals surface area (Å²) in [4.78, 5) is 34.9. The minimum atomic E-state index is -0.475. The standard InChI is InChI=1S/C27H29N5O4/c1-5-6-10-21(35-4)12-13-24(33)30-25-20(18-28)17-22-26(32(25)15-9-16-36-19(2)3)29-23-11-7-8-14-31(23)27(22)34/h5-8,10-12,14,17,19H,1,9,13,15-16H2,2-4H3/b10-6+,21-12-,30-25?. The Hall–Kier alpha value is -4.29. The number of amides is 1. The van der Waals surface area contributed by atoms with E-state index >= 15 is 0 Å². The van der Waals surface area contributed by atoms with Crippen molar-refractivity contribution in [2.24, 2.45) is 4.99 Å². The Morgan fingerprint density at radius 2 is 2.17 bits per heavy atom. The fourth-order valence-electron chi connectivity index (χ4n) is 3.57. The fourth-order valence-corrected chi connectivity index (χ4v) is 3.57. The van der Waals surface area contributed by atoms with Crippen LogP contribution in [-0.2, 0) is 20.8 Å². The molecule has 0 aliphatic heterocycles. The van der Waals surface area contributed by atoms with E-state index in [0.29, 0.717) is 36.6 Å². The van der Waals surface area contributed by atoms with Gasteiger partial charge in [-0.05, 0) is 50.6 Å². The molecule has 0 N–H and O–H groups in total. The molecule has 3 aromatic heterocycles. The number of aromatic nitrogens is 3. The molecule has 0 aromatic carbocycles. The summed E-state index contributed by atoms with van der Waals surface area (Å²) < 4.78 is 14.0. The summed E-state index contributed by atoms with van der Waals surface area (Å²) in [6, 6.07) is 8.77. The molecule has 0 unspecified atom stereocenters. The number of carbonyl (C=O) groups is 1. The lowest BCUT2D eigenvalue weighted by Gasteiger charge is -2.14. The number of ether oxygens (including phenoxy) is 2. The number of fused-ring (bicyclic) bond motifs is 2. The minimum absolute atomic E-state index is 0.0438. The number of methoxy groups -OCH3 is 1. The first-order valence-corrected chi connectivity index (χ1v) is 11.6. The highest BCUT2D eigenvalue weighted by Crippen LogP contribution is 2.11. The van der Waals surface area contributed by atoms with E-state index in [2.05, 4.69) is 22.6 Å². The van der Waals surface area contributed by atoms with Gasteiger partial charge in [-0.2, -0.15) is 10.3 Å². The largest absolute Gasteiger partial charge is 0.497 e. The summed E-state index contributed by atoms with van der Waals surface area (Å²) in [5.41, 5.74) is 0.756. The van der Waals surface area contributed by atoms with Gasteiger partial charge in [-0.1, -0.05) is 24.8 Å². The third-order valence-corrected chi connectivity index (χ3v) is 5.23. The fraction of sp³-hybridized carbons (Fsp3) is 0.296. The molecule has 0 spiro atoms. The Labute approximate surface area is 208 Å². The first-order chi connectivity index (χ1) is 17.4. The maximum Gasteiger partial charge on any atom is 0.267 e. The van der Waals surface area contributed by atoms with Crippen LogP contribution in [0.2, 0.25) is 0 Å². The van der Waals surface area contributed by atoms with E-state index < -0.39 is 5.91 Å². The number of nitrogens with zero attached hydrogens (tertiary/aromatic N) is 5. The highest BCUT2D eigenvalue weighted by Gasteiger charge is 2.15. The van der Waals surface area contributed by atoms with Gasteiger partial charge >= 0.3 is 0 Å². The smallest absolute Gasteiger partial charge is 0.267 e. The molecule has 0 aliphatic carbocycles. The van der Waals surface area contributed by atoms with E-state index in [1.54, 1.807) is 53.3 Å². The zero-order chi connectivity index (χ0) is 26.1. The van der Waals surface area contributed by atoms with E-state index in [-0.39, 0.29) is 34.5 Å². The first kappa shape index (κ1) is 26.3. The van der Waals surface area contributed by atoms with Crippen LogP contribution in [0.5, 0.6) is 0 Å². The van der Waals surface area contributed by atoms with E-state index in [4.69, 9.17) is 9.47 Å². The average molecular weight is 488 g/mol. The van der Waals surface area contributed by atoms with Crippen molar-refractivity contribution in [2.45, 2.75) is 39.3 Å². The van der Waals surface area contributed by atoms with Gasteiger partial charge in [0.1, 0.15) is 23.1 Å². The van der Waals surface area contributed by atoms with Crippen molar-refractivity contribution in [3.63, 3.8) is 0 Å². The van der Waals surface area contributed by atoms with Gasteiger partial charge in [-0.15, -0.1) is 0 Å². The zero-order valence-electron chi connectivity index (χ0n) is 20.7. The second kappa shape index (κ2) is 12.4. The van der Waals surface area contributed by atoms with Crippen LogP contribution in [0.4, 0.5) is 0 Å². The third kappa shape index (κ3) is 6.23. The number of allylic oxidation sites excluding steroid dienone is 3. The van der Waals surface area contributed by atoms with Crippen molar-refractivity contribution >= 4 is 22.6 Å². The molecule has 0 aliphatic rings. The topological polar surface area (TPSA) is 111 Å². The molecule has 0 saturated carbocycles. The van der Waals surface area contributed by atoms with Crippen molar-refractivity contribution < 1.29 is 14.3 Å². The van der Waals surface area contributed by atoms with E-state index in [9.17, 15) is 14.9 Å². The summed E-state index contributed by atoms with van der Waals surface area (Å²) in [5, 5.41) is 10.1. The lowest BCUT2D eigenvalue weighted by molar-refractivity contribution is -0.117. The Kier molecular flexibility index (Phi) is 9.08. The van der Waals surface area contributed by atoms with Crippen molar-refractivity contribution in [2.75, 3.05) is 13.7 Å². The molecule has 0 saturated heterocycles. The lowest BCUT2D eigenvalue weighted by atomic mass is 10.2. The Morgan fingerprint density at radius 1 is 1.36 bits per heavy atom. The van der Waals surface area contributed by atoms with Crippen molar-refractivity contribution in [3.05, 3.63) is 88.5 Å². The number of pyridine rings is 2. The molecule has 0 bridgehead atoms. The molecule has 3 rings (SSSR count). The van der Waals surface area contributed by atoms with Gasteiger partial charge in [0.15, 0.2) is 5.49 Å². The molecule has 3 aromatic rings. The number of aryl methyl sites for hydroxylation is 1. The summed E-state index contributed by atoms with van der Waals surface area (Å²) in [5.74, 6) is 0.00873. The molecule has 186 valence electrons. The Morgan fingerprint density at radius 3 is 2.86 bits per heavy atom. The number of hydrogen-bond donors (Lipinski definition) is 0. The van der Waals surface area contributed by atoms with Crippen LogP contribution in [0.1, 0.15) is 32.3 Å². The van der Waals surface area contributed by atoms with Crippen LogP contribution in [0, 0.1) is 11.3 Å². The SMILES string of the molecule is C=C/C=C/C(=C/CC(=O)N=c1c(C#N)cc2c(=O)n3ccccc3nc2n1CCCOC(C)C)OC.